The summed E-state index contributed by atoms with van der Waals surface area (Å²) in [6.07, 6.45) is 1.37. The summed E-state index contributed by atoms with van der Waals surface area (Å²) in [7, 11) is 0. The van der Waals surface area contributed by atoms with E-state index < -0.39 is 11.7 Å². The van der Waals surface area contributed by atoms with Gasteiger partial charge in [-0.2, -0.15) is 0 Å². The lowest BCUT2D eigenvalue weighted by Crippen LogP contribution is -2.38. The molecular formula is C19H18ClFN2O2. The average Bonchev–Trinajstić information content (AvgIpc) is 3.00. The molecule has 0 aliphatic carbocycles. The summed E-state index contributed by atoms with van der Waals surface area (Å²) < 4.78 is 13.2. The van der Waals surface area contributed by atoms with Crippen LogP contribution in [0.5, 0.6) is 0 Å². The minimum absolute atomic E-state index is 0.0570. The molecule has 1 aliphatic heterocycles. The standard InChI is InChI=1S/C19H18ClFN2O2/c20-16-11-14(21)8-9-15(16)19(25)22-17(13-5-2-1-3-6-13)12-23-10-4-7-18(23)24/h1-3,5-6,8-9,11,17H,4,7,10,12H2,(H,22,25)/t17-/m0/s1. The predicted octanol–water partition coefficient (Wildman–Crippen LogP) is 3.57. The molecule has 3 rings (SSSR count). The van der Waals surface area contributed by atoms with E-state index in [4.69, 9.17) is 11.6 Å². The van der Waals surface area contributed by atoms with Crippen molar-refractivity contribution in [1.29, 1.82) is 0 Å². The molecule has 6 heteroatoms. The van der Waals surface area contributed by atoms with Gasteiger partial charge in [0.25, 0.3) is 5.91 Å². The fraction of sp³-hybridized carbons (Fsp3) is 0.263. The van der Waals surface area contributed by atoms with Gasteiger partial charge >= 0.3 is 0 Å². The van der Waals surface area contributed by atoms with E-state index in [9.17, 15) is 14.0 Å². The Morgan fingerprint density at radius 1 is 1.24 bits per heavy atom. The van der Waals surface area contributed by atoms with Crippen LogP contribution >= 0.6 is 11.6 Å². The van der Waals surface area contributed by atoms with Crippen LogP contribution in [0, 0.1) is 5.82 Å². The Balaban J connectivity index is 1.81. The van der Waals surface area contributed by atoms with Crippen molar-refractivity contribution < 1.29 is 14.0 Å². The smallest absolute Gasteiger partial charge is 0.253 e. The van der Waals surface area contributed by atoms with E-state index in [1.807, 2.05) is 30.3 Å². The van der Waals surface area contributed by atoms with Gasteiger partial charge in [0.05, 0.1) is 16.6 Å². The number of hydrogen-bond acceptors (Lipinski definition) is 2. The van der Waals surface area contributed by atoms with E-state index in [0.29, 0.717) is 19.5 Å². The summed E-state index contributed by atoms with van der Waals surface area (Å²) >= 11 is 5.98. The van der Waals surface area contributed by atoms with Crippen molar-refractivity contribution >= 4 is 23.4 Å². The molecule has 1 N–H and O–H groups in total. The monoisotopic (exact) mass is 360 g/mol. The number of nitrogens with one attached hydrogen (secondary N) is 1. The van der Waals surface area contributed by atoms with Gasteiger partial charge in [-0.15, -0.1) is 0 Å². The normalized spacial score (nSPS) is 15.3. The molecule has 1 atom stereocenters. The van der Waals surface area contributed by atoms with E-state index in [0.717, 1.165) is 18.1 Å². The second-order valence-corrected chi connectivity index (χ2v) is 6.41. The number of benzene rings is 2. The fourth-order valence-electron chi connectivity index (χ4n) is 2.95. The van der Waals surface area contributed by atoms with Gasteiger partial charge in [-0.3, -0.25) is 9.59 Å². The van der Waals surface area contributed by atoms with Crippen LogP contribution in [0.25, 0.3) is 0 Å². The van der Waals surface area contributed by atoms with Crippen LogP contribution in [0.15, 0.2) is 48.5 Å². The Morgan fingerprint density at radius 3 is 2.64 bits per heavy atom. The van der Waals surface area contributed by atoms with Crippen molar-refractivity contribution in [2.75, 3.05) is 13.1 Å². The summed E-state index contributed by atoms with van der Waals surface area (Å²) in [5.74, 6) is -0.802. The summed E-state index contributed by atoms with van der Waals surface area (Å²) in [5, 5.41) is 2.97. The van der Waals surface area contributed by atoms with Crippen LogP contribution in [0.4, 0.5) is 4.39 Å². The molecule has 1 fully saturated rings. The highest BCUT2D eigenvalue weighted by Gasteiger charge is 2.26. The second-order valence-electron chi connectivity index (χ2n) is 6.00. The zero-order chi connectivity index (χ0) is 17.8. The van der Waals surface area contributed by atoms with Crippen molar-refractivity contribution in [2.45, 2.75) is 18.9 Å². The molecule has 0 aromatic heterocycles. The maximum Gasteiger partial charge on any atom is 0.253 e. The van der Waals surface area contributed by atoms with Crippen LogP contribution in [0.2, 0.25) is 5.02 Å². The van der Waals surface area contributed by atoms with Gasteiger partial charge in [0, 0.05) is 19.5 Å². The van der Waals surface area contributed by atoms with Gasteiger partial charge in [0.1, 0.15) is 5.82 Å². The zero-order valence-electron chi connectivity index (χ0n) is 13.5. The molecule has 130 valence electrons. The van der Waals surface area contributed by atoms with Gasteiger partial charge in [-0.05, 0) is 30.2 Å². The van der Waals surface area contributed by atoms with Crippen LogP contribution < -0.4 is 5.32 Å². The first-order valence-electron chi connectivity index (χ1n) is 8.13. The van der Waals surface area contributed by atoms with Gasteiger partial charge in [0.15, 0.2) is 0 Å². The van der Waals surface area contributed by atoms with E-state index >= 15 is 0 Å². The number of carbonyl (C=O) groups excluding carboxylic acids is 2. The summed E-state index contributed by atoms with van der Waals surface area (Å²) in [5.41, 5.74) is 1.10. The Morgan fingerprint density at radius 2 is 2.00 bits per heavy atom. The topological polar surface area (TPSA) is 49.4 Å². The third-order valence-corrected chi connectivity index (χ3v) is 4.57. The average molecular weight is 361 g/mol. The highest BCUT2D eigenvalue weighted by Crippen LogP contribution is 2.21. The maximum atomic E-state index is 13.2. The minimum Gasteiger partial charge on any atom is -0.343 e. The Bertz CT molecular complexity index is 782. The lowest BCUT2D eigenvalue weighted by atomic mass is 10.1. The zero-order valence-corrected chi connectivity index (χ0v) is 14.3. The van der Waals surface area contributed by atoms with E-state index in [1.54, 1.807) is 4.90 Å². The molecule has 2 aromatic rings. The van der Waals surface area contributed by atoms with E-state index in [2.05, 4.69) is 5.32 Å². The van der Waals surface area contributed by atoms with Crippen molar-refractivity contribution in [1.82, 2.24) is 10.2 Å². The van der Waals surface area contributed by atoms with Crippen LogP contribution in [-0.4, -0.2) is 29.8 Å². The number of nitrogens with zero attached hydrogens (tertiary/aromatic N) is 1. The molecule has 0 radical (unpaired) electrons. The molecule has 4 nitrogen and oxygen atoms in total. The Kier molecular flexibility index (Phi) is 5.34. The number of hydrogen-bond donors (Lipinski definition) is 1. The van der Waals surface area contributed by atoms with Crippen molar-refractivity contribution in [3.63, 3.8) is 0 Å². The molecule has 0 saturated carbocycles. The Hall–Kier alpha value is -2.40. The molecule has 1 saturated heterocycles. The van der Waals surface area contributed by atoms with Gasteiger partial charge in [-0.1, -0.05) is 41.9 Å². The van der Waals surface area contributed by atoms with E-state index in [-0.39, 0.29) is 22.5 Å². The number of carbonyl (C=O) groups is 2. The molecule has 0 unspecified atom stereocenters. The van der Waals surface area contributed by atoms with Crippen molar-refractivity contribution in [3.05, 3.63) is 70.5 Å². The maximum absolute atomic E-state index is 13.2. The fourth-order valence-corrected chi connectivity index (χ4v) is 3.20. The first kappa shape index (κ1) is 17.4. The van der Waals surface area contributed by atoms with Gasteiger partial charge < -0.3 is 10.2 Å². The predicted molar refractivity (Wildman–Crippen MR) is 93.9 cm³/mol. The molecule has 0 bridgehead atoms. The van der Waals surface area contributed by atoms with Crippen LogP contribution in [0.1, 0.15) is 34.8 Å². The SMILES string of the molecule is O=C(N[C@@H](CN1CCCC1=O)c1ccccc1)c1ccc(F)cc1Cl. The van der Waals surface area contributed by atoms with E-state index in [1.165, 1.54) is 12.1 Å². The van der Waals surface area contributed by atoms with Crippen molar-refractivity contribution in [3.8, 4) is 0 Å². The molecule has 1 heterocycles. The van der Waals surface area contributed by atoms with Gasteiger partial charge in [0.2, 0.25) is 5.91 Å². The van der Waals surface area contributed by atoms with Crippen LogP contribution in [-0.2, 0) is 4.79 Å². The number of likely N-dealkylation sites (tertiary alicyclic amines) is 1. The molecular weight excluding hydrogens is 343 g/mol. The number of rotatable bonds is 5. The first-order chi connectivity index (χ1) is 12.0. The third-order valence-electron chi connectivity index (χ3n) is 4.26. The lowest BCUT2D eigenvalue weighted by molar-refractivity contribution is -0.128. The highest BCUT2D eigenvalue weighted by atomic mass is 35.5. The first-order valence-corrected chi connectivity index (χ1v) is 8.51. The van der Waals surface area contributed by atoms with Crippen LogP contribution in [0.3, 0.4) is 0 Å². The number of halogens is 2. The third kappa shape index (κ3) is 4.17. The summed E-state index contributed by atoms with van der Waals surface area (Å²) in [6.45, 7) is 1.09. The Labute approximate surface area is 150 Å². The highest BCUT2D eigenvalue weighted by molar-refractivity contribution is 6.33. The quantitative estimate of drug-likeness (QED) is 0.886. The van der Waals surface area contributed by atoms with Gasteiger partial charge in [-0.25, -0.2) is 4.39 Å². The molecule has 2 aromatic carbocycles. The largest absolute Gasteiger partial charge is 0.343 e. The minimum atomic E-state index is -0.496. The molecule has 25 heavy (non-hydrogen) atoms. The molecule has 2 amide bonds. The number of amides is 2. The summed E-state index contributed by atoms with van der Waals surface area (Å²) in [6, 6.07) is 12.7. The van der Waals surface area contributed by atoms with Crippen molar-refractivity contribution in [2.24, 2.45) is 0 Å². The summed E-state index contributed by atoms with van der Waals surface area (Å²) in [4.78, 5) is 26.3. The second kappa shape index (κ2) is 7.66. The molecule has 1 aliphatic rings. The molecule has 0 spiro atoms. The lowest BCUT2D eigenvalue weighted by Gasteiger charge is -2.25.